The third-order valence-corrected chi connectivity index (χ3v) is 2.17. The number of hydrogen-bond acceptors (Lipinski definition) is 3. The highest BCUT2D eigenvalue weighted by Gasteiger charge is 2.13. The van der Waals surface area contributed by atoms with Gasteiger partial charge in [-0.25, -0.2) is 4.79 Å². The number of hydrogen-bond donors (Lipinski definition) is 4. The number of carboxylic acids is 1. The molecule has 0 radical (unpaired) electrons. The minimum atomic E-state index is -1.54. The molecule has 0 saturated heterocycles. The average molecular weight is 205 g/mol. The number of nitrogens with one attached hydrogen (secondary N) is 1. The first-order chi connectivity index (χ1) is 7.08. The van der Waals surface area contributed by atoms with Crippen molar-refractivity contribution in [1.29, 1.82) is 0 Å². The van der Waals surface area contributed by atoms with E-state index >= 15 is 0 Å². The van der Waals surface area contributed by atoms with E-state index in [1.165, 1.54) is 18.2 Å². The largest absolute Gasteiger partial charge is 0.488 e. The summed E-state index contributed by atoms with van der Waals surface area (Å²) in [7, 11) is -1.54. The molecule has 1 heterocycles. The molecule has 1 aromatic carbocycles. The monoisotopic (exact) mass is 205 g/mol. The van der Waals surface area contributed by atoms with Crippen molar-refractivity contribution in [2.24, 2.45) is 0 Å². The van der Waals surface area contributed by atoms with Crippen molar-refractivity contribution in [2.75, 3.05) is 0 Å². The van der Waals surface area contributed by atoms with Crippen LogP contribution in [0.1, 0.15) is 10.5 Å². The number of rotatable bonds is 2. The second-order valence-electron chi connectivity index (χ2n) is 3.21. The fraction of sp³-hybridized carbons (Fsp3) is 0. The Kier molecular flexibility index (Phi) is 2.22. The molecule has 0 spiro atoms. The Morgan fingerprint density at radius 3 is 2.60 bits per heavy atom. The van der Waals surface area contributed by atoms with Gasteiger partial charge in [0.1, 0.15) is 5.69 Å². The van der Waals surface area contributed by atoms with Crippen molar-refractivity contribution in [3.05, 3.63) is 30.0 Å². The highest BCUT2D eigenvalue weighted by molar-refractivity contribution is 6.58. The Hall–Kier alpha value is -1.79. The van der Waals surface area contributed by atoms with Gasteiger partial charge >= 0.3 is 13.1 Å². The van der Waals surface area contributed by atoms with Crippen LogP contribution in [0.3, 0.4) is 0 Å². The Morgan fingerprint density at radius 2 is 2.00 bits per heavy atom. The van der Waals surface area contributed by atoms with Crippen LogP contribution >= 0.6 is 0 Å². The van der Waals surface area contributed by atoms with E-state index in [-0.39, 0.29) is 5.69 Å². The molecule has 0 fully saturated rings. The van der Waals surface area contributed by atoms with E-state index in [9.17, 15) is 4.79 Å². The normalized spacial score (nSPS) is 10.5. The fourth-order valence-electron chi connectivity index (χ4n) is 1.43. The molecular weight excluding hydrogens is 197 g/mol. The molecule has 0 unspecified atom stereocenters. The van der Waals surface area contributed by atoms with Crippen LogP contribution in [0.2, 0.25) is 0 Å². The summed E-state index contributed by atoms with van der Waals surface area (Å²) in [6.07, 6.45) is 0. The van der Waals surface area contributed by atoms with Gasteiger partial charge < -0.3 is 20.1 Å². The van der Waals surface area contributed by atoms with E-state index in [1.54, 1.807) is 6.07 Å². The molecule has 2 aromatic rings. The zero-order valence-corrected chi connectivity index (χ0v) is 7.64. The molecule has 1 aromatic heterocycles. The first kappa shape index (κ1) is 9.76. The number of fused-ring (bicyclic) bond motifs is 1. The molecule has 0 aliphatic heterocycles. The minimum absolute atomic E-state index is 0.0783. The summed E-state index contributed by atoms with van der Waals surface area (Å²) in [5, 5.41) is 27.2. The average Bonchev–Trinajstić information content (AvgIpc) is 2.59. The molecule has 0 amide bonds. The van der Waals surface area contributed by atoms with Gasteiger partial charge in [0.05, 0.1) is 0 Å². The molecule has 2 rings (SSSR count). The van der Waals surface area contributed by atoms with Gasteiger partial charge in [0.25, 0.3) is 0 Å². The van der Waals surface area contributed by atoms with Gasteiger partial charge in [-0.2, -0.15) is 0 Å². The lowest BCUT2D eigenvalue weighted by Gasteiger charge is -1.97. The van der Waals surface area contributed by atoms with Gasteiger partial charge in [0, 0.05) is 5.52 Å². The smallest absolute Gasteiger partial charge is 0.477 e. The predicted octanol–water partition coefficient (Wildman–Crippen LogP) is -0.454. The summed E-state index contributed by atoms with van der Waals surface area (Å²) in [6, 6.07) is 6.11. The highest BCUT2D eigenvalue weighted by Crippen LogP contribution is 2.13. The zero-order valence-electron chi connectivity index (χ0n) is 7.64. The van der Waals surface area contributed by atoms with E-state index in [1.807, 2.05) is 0 Å². The number of aromatic amines is 1. The lowest BCUT2D eigenvalue weighted by molar-refractivity contribution is 0.0691. The van der Waals surface area contributed by atoms with Crippen molar-refractivity contribution in [1.82, 2.24) is 4.98 Å². The van der Waals surface area contributed by atoms with Gasteiger partial charge in [-0.15, -0.1) is 0 Å². The summed E-state index contributed by atoms with van der Waals surface area (Å²) in [5.41, 5.74) is 1.06. The van der Waals surface area contributed by atoms with Crippen LogP contribution < -0.4 is 5.46 Å². The van der Waals surface area contributed by atoms with Crippen molar-refractivity contribution >= 4 is 29.5 Å². The summed E-state index contributed by atoms with van der Waals surface area (Å²) < 4.78 is 0. The maximum absolute atomic E-state index is 10.7. The minimum Gasteiger partial charge on any atom is -0.477 e. The molecule has 0 bridgehead atoms. The standard InChI is InChI=1S/C9H8BNO4/c12-9(13)8-4-5-3-6(10(14)15)1-2-7(5)11-8/h1-4,11,14-15H,(H,12,13). The van der Waals surface area contributed by atoms with E-state index < -0.39 is 13.1 Å². The molecule has 15 heavy (non-hydrogen) atoms. The van der Waals surface area contributed by atoms with Crippen molar-refractivity contribution in [3.63, 3.8) is 0 Å². The third-order valence-electron chi connectivity index (χ3n) is 2.17. The quantitative estimate of drug-likeness (QED) is 0.499. The van der Waals surface area contributed by atoms with Gasteiger partial charge in [-0.05, 0) is 23.0 Å². The maximum atomic E-state index is 10.7. The molecule has 5 nitrogen and oxygen atoms in total. The van der Waals surface area contributed by atoms with Gasteiger partial charge in [-0.3, -0.25) is 0 Å². The van der Waals surface area contributed by atoms with Crippen LogP contribution in [0, 0.1) is 0 Å². The van der Waals surface area contributed by atoms with Crippen LogP contribution in [-0.4, -0.2) is 33.2 Å². The Labute approximate surface area is 85.1 Å². The van der Waals surface area contributed by atoms with Crippen LogP contribution in [0.25, 0.3) is 10.9 Å². The first-order valence-corrected chi connectivity index (χ1v) is 4.30. The molecule has 0 aliphatic carbocycles. The van der Waals surface area contributed by atoms with Crippen LogP contribution in [-0.2, 0) is 0 Å². The molecule has 0 atom stereocenters. The summed E-state index contributed by atoms with van der Waals surface area (Å²) in [4.78, 5) is 13.4. The van der Waals surface area contributed by atoms with Crippen LogP contribution in [0.5, 0.6) is 0 Å². The molecule has 4 N–H and O–H groups in total. The number of H-pyrrole nitrogens is 1. The second-order valence-corrected chi connectivity index (χ2v) is 3.21. The molecule has 0 saturated carbocycles. The van der Waals surface area contributed by atoms with E-state index in [4.69, 9.17) is 15.2 Å². The summed E-state index contributed by atoms with van der Waals surface area (Å²) >= 11 is 0. The van der Waals surface area contributed by atoms with Crippen LogP contribution in [0.4, 0.5) is 0 Å². The number of carbonyl (C=O) groups is 1. The van der Waals surface area contributed by atoms with E-state index in [2.05, 4.69) is 4.98 Å². The fourth-order valence-corrected chi connectivity index (χ4v) is 1.43. The maximum Gasteiger partial charge on any atom is 0.488 e. The third kappa shape index (κ3) is 1.72. The molecule has 0 aliphatic rings. The van der Waals surface area contributed by atoms with Crippen molar-refractivity contribution < 1.29 is 19.9 Å². The van der Waals surface area contributed by atoms with Gasteiger partial charge in [0.15, 0.2) is 0 Å². The number of aromatic nitrogens is 1. The molecule has 76 valence electrons. The van der Waals surface area contributed by atoms with Crippen LogP contribution in [0.15, 0.2) is 24.3 Å². The highest BCUT2D eigenvalue weighted by atomic mass is 16.4. The topological polar surface area (TPSA) is 93.6 Å². The van der Waals surface area contributed by atoms with E-state index in [0.29, 0.717) is 16.4 Å². The molecule has 6 heteroatoms. The SMILES string of the molecule is O=C(O)c1cc2cc(B(O)O)ccc2[nH]1. The summed E-state index contributed by atoms with van der Waals surface area (Å²) in [5.74, 6) is -1.04. The second kappa shape index (κ2) is 3.41. The van der Waals surface area contributed by atoms with Gasteiger partial charge in [0.2, 0.25) is 0 Å². The van der Waals surface area contributed by atoms with Crippen molar-refractivity contribution in [3.8, 4) is 0 Å². The van der Waals surface area contributed by atoms with E-state index in [0.717, 1.165) is 0 Å². The first-order valence-electron chi connectivity index (χ1n) is 4.30. The number of benzene rings is 1. The number of carboxylic acid groups (broad SMARTS) is 1. The number of aromatic carboxylic acids is 1. The lowest BCUT2D eigenvalue weighted by Crippen LogP contribution is -2.29. The Bertz CT molecular complexity index is 520. The van der Waals surface area contributed by atoms with Gasteiger partial charge in [-0.1, -0.05) is 12.1 Å². The summed E-state index contributed by atoms with van der Waals surface area (Å²) in [6.45, 7) is 0. The predicted molar refractivity (Wildman–Crippen MR) is 55.1 cm³/mol. The molecular formula is C9H8BNO4. The Balaban J connectivity index is 2.57. The Morgan fingerprint density at radius 1 is 1.27 bits per heavy atom. The zero-order chi connectivity index (χ0) is 11.0. The van der Waals surface area contributed by atoms with Crippen molar-refractivity contribution in [2.45, 2.75) is 0 Å². The lowest BCUT2D eigenvalue weighted by atomic mass is 9.80.